The number of hydrogen-bond acceptors (Lipinski definition) is 5. The third kappa shape index (κ3) is 2.58. The minimum atomic E-state index is -1.18. The Hall–Kier alpha value is -2.12. The fourth-order valence-corrected chi connectivity index (χ4v) is 1.83. The van der Waals surface area contributed by atoms with Crippen molar-refractivity contribution in [1.29, 1.82) is 0 Å². The van der Waals surface area contributed by atoms with Gasteiger partial charge in [0.25, 0.3) is 5.91 Å². The normalized spacial score (nSPS) is 23.8. The van der Waals surface area contributed by atoms with Gasteiger partial charge in [-0.05, 0) is 0 Å². The van der Waals surface area contributed by atoms with Gasteiger partial charge in [0.2, 0.25) is 12.0 Å². The minimum absolute atomic E-state index is 0.0357. The minimum Gasteiger partial charge on any atom is -0.477 e. The summed E-state index contributed by atoms with van der Waals surface area (Å²) in [6.07, 6.45) is -0.679. The van der Waals surface area contributed by atoms with Crippen LogP contribution in [0.25, 0.3) is 0 Å². The highest BCUT2D eigenvalue weighted by Crippen LogP contribution is 2.14. The molecule has 8 heteroatoms. The maximum Gasteiger partial charge on any atom is 0.353 e. The Morgan fingerprint density at radius 2 is 2.22 bits per heavy atom. The topological polar surface area (TPSA) is 108 Å². The van der Waals surface area contributed by atoms with Crippen LogP contribution in [-0.2, 0) is 19.2 Å². The van der Waals surface area contributed by atoms with Crippen LogP contribution in [0.4, 0.5) is 0 Å². The number of aliphatic carboxylic acids is 1. The molecule has 2 aliphatic rings. The molecule has 0 saturated carbocycles. The lowest BCUT2D eigenvalue weighted by Crippen LogP contribution is -2.41. The van der Waals surface area contributed by atoms with Gasteiger partial charge >= 0.3 is 5.97 Å². The van der Waals surface area contributed by atoms with Crippen molar-refractivity contribution in [2.24, 2.45) is 5.16 Å². The van der Waals surface area contributed by atoms with Gasteiger partial charge in [0.15, 0.2) is 5.71 Å². The molecule has 18 heavy (non-hydrogen) atoms. The molecule has 2 heterocycles. The van der Waals surface area contributed by atoms with Crippen LogP contribution in [0.5, 0.6) is 0 Å². The summed E-state index contributed by atoms with van der Waals surface area (Å²) in [4.78, 5) is 40.1. The highest BCUT2D eigenvalue weighted by atomic mass is 16.6. The summed E-state index contributed by atoms with van der Waals surface area (Å²) >= 11 is 0. The first-order chi connectivity index (χ1) is 8.58. The molecule has 2 aliphatic heterocycles. The summed E-state index contributed by atoms with van der Waals surface area (Å²) in [5, 5.41) is 14.7. The molecule has 2 amide bonds. The van der Waals surface area contributed by atoms with E-state index in [1.807, 2.05) is 0 Å². The molecule has 1 fully saturated rings. The second-order valence-corrected chi connectivity index (χ2v) is 4.07. The Kier molecular flexibility index (Phi) is 3.45. The van der Waals surface area contributed by atoms with Gasteiger partial charge in [-0.2, -0.15) is 0 Å². The number of nitrogens with one attached hydrogen (secondary N) is 1. The van der Waals surface area contributed by atoms with Gasteiger partial charge in [0, 0.05) is 32.5 Å². The molecule has 0 aromatic carbocycles. The lowest BCUT2D eigenvalue weighted by atomic mass is 10.1. The van der Waals surface area contributed by atoms with Crippen molar-refractivity contribution in [3.63, 3.8) is 0 Å². The van der Waals surface area contributed by atoms with E-state index < -0.39 is 12.1 Å². The molecule has 1 unspecified atom stereocenters. The van der Waals surface area contributed by atoms with Crippen LogP contribution < -0.4 is 5.32 Å². The van der Waals surface area contributed by atoms with E-state index in [0.717, 1.165) is 0 Å². The molecule has 0 spiro atoms. The van der Waals surface area contributed by atoms with Gasteiger partial charge in [-0.3, -0.25) is 9.59 Å². The maximum absolute atomic E-state index is 12.0. The first-order valence-corrected chi connectivity index (χ1v) is 5.59. The van der Waals surface area contributed by atoms with Gasteiger partial charge in [-0.1, -0.05) is 5.16 Å². The second kappa shape index (κ2) is 5.03. The zero-order valence-corrected chi connectivity index (χ0v) is 9.59. The first-order valence-electron chi connectivity index (χ1n) is 5.59. The summed E-state index contributed by atoms with van der Waals surface area (Å²) in [7, 11) is 0. The van der Waals surface area contributed by atoms with E-state index in [0.29, 0.717) is 19.6 Å². The summed E-state index contributed by atoms with van der Waals surface area (Å²) in [6, 6.07) is 0. The van der Waals surface area contributed by atoms with E-state index in [1.165, 1.54) is 4.90 Å². The average Bonchev–Trinajstić information content (AvgIpc) is 2.73. The summed E-state index contributed by atoms with van der Waals surface area (Å²) in [5.74, 6) is -1.61. The van der Waals surface area contributed by atoms with Crippen molar-refractivity contribution in [1.82, 2.24) is 10.2 Å². The van der Waals surface area contributed by atoms with E-state index in [1.54, 1.807) is 0 Å². The molecule has 0 radical (unpaired) electrons. The fourth-order valence-electron chi connectivity index (χ4n) is 1.83. The molecule has 2 rings (SSSR count). The summed E-state index contributed by atoms with van der Waals surface area (Å²) < 4.78 is 0. The smallest absolute Gasteiger partial charge is 0.353 e. The number of carboxylic acids is 1. The van der Waals surface area contributed by atoms with Gasteiger partial charge in [-0.15, -0.1) is 0 Å². The van der Waals surface area contributed by atoms with E-state index in [2.05, 4.69) is 10.5 Å². The second-order valence-electron chi connectivity index (χ2n) is 4.07. The number of carbonyl (C=O) groups excluding carboxylic acids is 2. The van der Waals surface area contributed by atoms with E-state index >= 15 is 0 Å². The van der Waals surface area contributed by atoms with E-state index in [4.69, 9.17) is 9.94 Å². The molecule has 0 aromatic rings. The fraction of sp³-hybridized carbons (Fsp3) is 0.600. The van der Waals surface area contributed by atoms with Crippen LogP contribution in [-0.4, -0.2) is 59.2 Å². The molecule has 0 aromatic heterocycles. The van der Waals surface area contributed by atoms with Crippen molar-refractivity contribution in [3.8, 4) is 0 Å². The monoisotopic (exact) mass is 255 g/mol. The van der Waals surface area contributed by atoms with Crippen LogP contribution >= 0.6 is 0 Å². The predicted molar refractivity (Wildman–Crippen MR) is 58.8 cm³/mol. The molecular weight excluding hydrogens is 242 g/mol. The Balaban J connectivity index is 1.92. The van der Waals surface area contributed by atoms with Crippen LogP contribution in [0.15, 0.2) is 5.16 Å². The summed E-state index contributed by atoms with van der Waals surface area (Å²) in [5.41, 5.74) is -0.155. The Bertz CT molecular complexity index is 420. The predicted octanol–water partition coefficient (Wildman–Crippen LogP) is -1.44. The largest absolute Gasteiger partial charge is 0.477 e. The molecule has 8 nitrogen and oxygen atoms in total. The van der Waals surface area contributed by atoms with Crippen molar-refractivity contribution < 1.29 is 24.3 Å². The van der Waals surface area contributed by atoms with Crippen molar-refractivity contribution >= 4 is 23.5 Å². The van der Waals surface area contributed by atoms with Gasteiger partial charge in [0.1, 0.15) is 0 Å². The van der Waals surface area contributed by atoms with E-state index in [-0.39, 0.29) is 30.4 Å². The number of carboxylic acid groups (broad SMARTS) is 1. The number of rotatable bonds is 2. The van der Waals surface area contributed by atoms with Crippen LogP contribution in [0.1, 0.15) is 12.8 Å². The van der Waals surface area contributed by atoms with Gasteiger partial charge in [0.05, 0.1) is 0 Å². The summed E-state index contributed by atoms with van der Waals surface area (Å²) in [6.45, 7) is 1.10. The molecular formula is C10H13N3O5. The third-order valence-corrected chi connectivity index (χ3v) is 2.82. The average molecular weight is 255 g/mol. The number of hydrogen-bond donors (Lipinski definition) is 2. The number of oxime groups is 1. The zero-order valence-electron chi connectivity index (χ0n) is 9.59. The van der Waals surface area contributed by atoms with Crippen LogP contribution in [0.3, 0.4) is 0 Å². The number of nitrogens with zero attached hydrogens (tertiary/aromatic N) is 2. The van der Waals surface area contributed by atoms with Gasteiger partial charge < -0.3 is 20.2 Å². The lowest BCUT2D eigenvalue weighted by Gasteiger charge is -2.21. The number of amides is 2. The standard InChI is InChI=1S/C10H13N3O5/c14-8-1-3-13(4-2-11-8)9(15)7-5-6(10(16)17)12-18-7/h7H,1-5H2,(H,11,14)(H,16,17). The lowest BCUT2D eigenvalue weighted by molar-refractivity contribution is -0.141. The molecule has 2 N–H and O–H groups in total. The van der Waals surface area contributed by atoms with Crippen LogP contribution in [0, 0.1) is 0 Å². The molecule has 0 aliphatic carbocycles. The highest BCUT2D eigenvalue weighted by molar-refractivity contribution is 6.36. The SMILES string of the molecule is O=C1CCN(C(=O)C2CC(C(=O)O)=NO2)CCN1. The Labute approximate surface area is 103 Å². The number of carbonyl (C=O) groups is 3. The van der Waals surface area contributed by atoms with Crippen molar-refractivity contribution in [2.45, 2.75) is 18.9 Å². The maximum atomic E-state index is 12.0. The van der Waals surface area contributed by atoms with Crippen molar-refractivity contribution in [3.05, 3.63) is 0 Å². The Morgan fingerprint density at radius 3 is 2.89 bits per heavy atom. The molecule has 0 bridgehead atoms. The zero-order chi connectivity index (χ0) is 13.1. The highest BCUT2D eigenvalue weighted by Gasteiger charge is 2.34. The van der Waals surface area contributed by atoms with Crippen LogP contribution in [0.2, 0.25) is 0 Å². The first kappa shape index (κ1) is 12.3. The van der Waals surface area contributed by atoms with Gasteiger partial charge in [-0.25, -0.2) is 4.79 Å². The molecule has 98 valence electrons. The molecule has 1 saturated heterocycles. The molecule has 1 atom stereocenters. The third-order valence-electron chi connectivity index (χ3n) is 2.82. The van der Waals surface area contributed by atoms with E-state index in [9.17, 15) is 14.4 Å². The Morgan fingerprint density at radius 1 is 1.44 bits per heavy atom. The quantitative estimate of drug-likeness (QED) is 0.628. The van der Waals surface area contributed by atoms with Crippen molar-refractivity contribution in [2.75, 3.05) is 19.6 Å².